The number of carbonyl (C=O) groups excluding carboxylic acids is 3. The molecule has 9 nitrogen and oxygen atoms in total. The van der Waals surface area contributed by atoms with Gasteiger partial charge in [0.05, 0.1) is 16.0 Å². The number of nitrogens with zero attached hydrogens (tertiary/aromatic N) is 3. The number of thioether (sulfide) groups is 2. The lowest BCUT2D eigenvalue weighted by Gasteiger charge is -2.49. The molecule has 3 aliphatic heterocycles. The van der Waals surface area contributed by atoms with Crippen molar-refractivity contribution in [3.05, 3.63) is 47.2 Å². The second-order valence-corrected chi connectivity index (χ2v) is 12.8. The molecule has 6 rings (SSSR count). The number of rotatable bonds is 8. The Balaban J connectivity index is 1.11. The van der Waals surface area contributed by atoms with Crippen LogP contribution in [0.1, 0.15) is 19.3 Å². The van der Waals surface area contributed by atoms with E-state index in [2.05, 4.69) is 10.3 Å². The number of carboxylic acid groups (broad SMARTS) is 1. The molecule has 2 unspecified atom stereocenters. The van der Waals surface area contributed by atoms with E-state index in [-0.39, 0.29) is 23.3 Å². The zero-order valence-electron chi connectivity index (χ0n) is 19.7. The predicted molar refractivity (Wildman–Crippen MR) is 142 cm³/mol. The van der Waals surface area contributed by atoms with E-state index >= 15 is 0 Å². The Morgan fingerprint density at radius 3 is 2.81 bits per heavy atom. The Bertz CT molecular complexity index is 1350. The van der Waals surface area contributed by atoms with Gasteiger partial charge in [-0.2, -0.15) is 0 Å². The molecule has 0 radical (unpaired) electrons. The first-order valence-corrected chi connectivity index (χ1v) is 14.9. The summed E-state index contributed by atoms with van der Waals surface area (Å²) in [5, 5.41) is 12.2. The fraction of sp³-hybridized carbons (Fsp3) is 0.400. The van der Waals surface area contributed by atoms with Crippen LogP contribution in [-0.4, -0.2) is 79.6 Å². The van der Waals surface area contributed by atoms with Gasteiger partial charge in [0.15, 0.2) is 4.34 Å². The number of fused-ring (bicyclic) bond motifs is 2. The average molecular weight is 557 g/mol. The minimum Gasteiger partial charge on any atom is -0.477 e. The number of carbonyl (C=O) groups is 4. The maximum absolute atomic E-state index is 13.0. The maximum atomic E-state index is 13.0. The Morgan fingerprint density at radius 2 is 2.05 bits per heavy atom. The molecule has 192 valence electrons. The van der Waals surface area contributed by atoms with E-state index in [1.165, 1.54) is 39.8 Å². The van der Waals surface area contributed by atoms with Gasteiger partial charge >= 0.3 is 5.97 Å². The van der Waals surface area contributed by atoms with E-state index in [1.807, 2.05) is 29.2 Å². The van der Waals surface area contributed by atoms with Crippen molar-refractivity contribution >= 4 is 68.8 Å². The van der Waals surface area contributed by atoms with Crippen LogP contribution in [0.15, 0.2) is 51.5 Å². The number of hydrogen-bond acceptors (Lipinski definition) is 8. The Labute approximate surface area is 225 Å². The number of nitrogens with one attached hydrogen (secondary N) is 1. The molecule has 2 atom stereocenters. The standard InChI is InChI=1S/C25H24N4O5S3/c30-18(12-36-25-26-16-3-1-2-4-17(16)37-25)27-19-22(32)29-20(24(33)34)15(11-35-23(19)29)9-14-7-8-28(21(14)31)10-13-5-6-13/h1-4,9,13,19,23H,5-8,10-12H2,(H,27,30)(H,33,34). The van der Waals surface area contributed by atoms with Crippen molar-refractivity contribution in [3.8, 4) is 0 Å². The van der Waals surface area contributed by atoms with Crippen LogP contribution in [0.4, 0.5) is 0 Å². The number of amides is 3. The van der Waals surface area contributed by atoms with Gasteiger partial charge in [0, 0.05) is 24.4 Å². The Kier molecular flexibility index (Phi) is 6.49. The highest BCUT2D eigenvalue weighted by molar-refractivity contribution is 8.01. The molecule has 2 N–H and O–H groups in total. The molecule has 1 aliphatic carbocycles. The number of thiazole rings is 1. The van der Waals surface area contributed by atoms with Gasteiger partial charge in [0.25, 0.3) is 5.91 Å². The van der Waals surface area contributed by atoms with Crippen molar-refractivity contribution in [2.45, 2.75) is 35.0 Å². The normalized spacial score (nSPS) is 24.6. The van der Waals surface area contributed by atoms with E-state index in [0.717, 1.165) is 33.9 Å². The Morgan fingerprint density at radius 1 is 1.24 bits per heavy atom. The number of aliphatic carboxylic acids is 1. The molecule has 4 aliphatic rings. The molecule has 12 heteroatoms. The Hall–Kier alpha value is -2.83. The first-order valence-electron chi connectivity index (χ1n) is 12.1. The minimum atomic E-state index is -1.21. The zero-order valence-corrected chi connectivity index (χ0v) is 22.2. The van der Waals surface area contributed by atoms with Crippen molar-refractivity contribution in [1.29, 1.82) is 0 Å². The maximum Gasteiger partial charge on any atom is 0.352 e. The average Bonchev–Trinajstić information content (AvgIpc) is 3.51. The summed E-state index contributed by atoms with van der Waals surface area (Å²) < 4.78 is 1.82. The fourth-order valence-corrected chi connectivity index (χ4v) is 7.99. The van der Waals surface area contributed by atoms with Crippen LogP contribution >= 0.6 is 34.9 Å². The van der Waals surface area contributed by atoms with Crippen LogP contribution in [0.3, 0.4) is 0 Å². The largest absolute Gasteiger partial charge is 0.477 e. The first-order chi connectivity index (χ1) is 17.9. The minimum absolute atomic E-state index is 0.0398. The van der Waals surface area contributed by atoms with E-state index in [4.69, 9.17) is 0 Å². The molecular weight excluding hydrogens is 532 g/mol. The zero-order chi connectivity index (χ0) is 25.7. The van der Waals surface area contributed by atoms with Crippen molar-refractivity contribution in [2.75, 3.05) is 24.6 Å². The molecule has 1 saturated carbocycles. The second-order valence-electron chi connectivity index (χ2n) is 9.48. The van der Waals surface area contributed by atoms with E-state index in [1.54, 1.807) is 6.08 Å². The van der Waals surface area contributed by atoms with Gasteiger partial charge in [-0.1, -0.05) is 23.9 Å². The van der Waals surface area contributed by atoms with Crippen LogP contribution < -0.4 is 5.32 Å². The van der Waals surface area contributed by atoms with Crippen LogP contribution in [0.25, 0.3) is 10.2 Å². The third kappa shape index (κ3) is 4.77. The summed E-state index contributed by atoms with van der Waals surface area (Å²) >= 11 is 4.22. The topological polar surface area (TPSA) is 120 Å². The van der Waals surface area contributed by atoms with Crippen LogP contribution in [0.5, 0.6) is 0 Å². The van der Waals surface area contributed by atoms with Gasteiger partial charge in [0.2, 0.25) is 11.8 Å². The summed E-state index contributed by atoms with van der Waals surface area (Å²) in [4.78, 5) is 58.1. The van der Waals surface area contributed by atoms with Crippen molar-refractivity contribution in [2.24, 2.45) is 5.92 Å². The molecule has 3 fully saturated rings. The van der Waals surface area contributed by atoms with Crippen LogP contribution in [-0.2, 0) is 19.2 Å². The highest BCUT2D eigenvalue weighted by Gasteiger charge is 2.54. The highest BCUT2D eigenvalue weighted by atomic mass is 32.2. The van der Waals surface area contributed by atoms with Gasteiger partial charge in [-0.25, -0.2) is 9.78 Å². The first kappa shape index (κ1) is 24.5. The quantitative estimate of drug-likeness (QED) is 0.289. The number of carboxylic acids is 1. The summed E-state index contributed by atoms with van der Waals surface area (Å²) in [6, 6.07) is 6.97. The summed E-state index contributed by atoms with van der Waals surface area (Å²) in [6.45, 7) is 1.42. The van der Waals surface area contributed by atoms with Crippen molar-refractivity contribution in [3.63, 3.8) is 0 Å². The van der Waals surface area contributed by atoms with Gasteiger partial charge in [-0.05, 0) is 49.0 Å². The number of benzene rings is 1. The van der Waals surface area contributed by atoms with Crippen LogP contribution in [0, 0.1) is 5.92 Å². The third-order valence-electron chi connectivity index (χ3n) is 6.85. The number of likely N-dealkylation sites (tertiary alicyclic amines) is 1. The molecule has 1 aromatic carbocycles. The monoisotopic (exact) mass is 556 g/mol. The summed E-state index contributed by atoms with van der Waals surface area (Å²) in [6.07, 6.45) is 4.56. The molecule has 2 saturated heterocycles. The number of aromatic nitrogens is 1. The number of hydrogen-bond donors (Lipinski definition) is 2. The van der Waals surface area contributed by atoms with Gasteiger partial charge in [-0.3, -0.25) is 19.3 Å². The molecule has 3 amide bonds. The number of β-lactam (4-membered cyclic amide) rings is 1. The number of allylic oxidation sites excluding steroid dienone is 1. The summed E-state index contributed by atoms with van der Waals surface area (Å²) in [5.74, 6) is -0.944. The van der Waals surface area contributed by atoms with E-state index in [0.29, 0.717) is 35.8 Å². The van der Waals surface area contributed by atoms with Crippen LogP contribution in [0.2, 0.25) is 0 Å². The van der Waals surface area contributed by atoms with Gasteiger partial charge in [0.1, 0.15) is 17.1 Å². The van der Waals surface area contributed by atoms with E-state index < -0.39 is 23.3 Å². The fourth-order valence-electron chi connectivity index (χ4n) is 4.81. The van der Waals surface area contributed by atoms with Gasteiger partial charge in [-0.15, -0.1) is 23.1 Å². The molecule has 0 spiro atoms. The third-order valence-corrected chi connectivity index (χ3v) is 10.3. The molecule has 2 aromatic rings. The highest BCUT2D eigenvalue weighted by Crippen LogP contribution is 2.41. The molecule has 4 heterocycles. The lowest BCUT2D eigenvalue weighted by atomic mass is 10.0. The van der Waals surface area contributed by atoms with Gasteiger partial charge < -0.3 is 15.3 Å². The second kappa shape index (κ2) is 9.80. The smallest absolute Gasteiger partial charge is 0.352 e. The lowest BCUT2D eigenvalue weighted by molar-refractivity contribution is -0.150. The SMILES string of the molecule is O=C(CSc1nc2ccccc2s1)NC1C(=O)N2C(C(=O)O)=C(C=C3CCN(CC4CC4)C3=O)CSC12. The number of para-hydroxylation sites is 1. The predicted octanol–water partition coefficient (Wildman–Crippen LogP) is 2.70. The molecular formula is C25H24N4O5S3. The summed E-state index contributed by atoms with van der Waals surface area (Å²) in [5.41, 5.74) is 1.85. The van der Waals surface area contributed by atoms with Crippen molar-refractivity contribution in [1.82, 2.24) is 20.1 Å². The molecule has 1 aromatic heterocycles. The molecule has 37 heavy (non-hydrogen) atoms. The van der Waals surface area contributed by atoms with Crippen molar-refractivity contribution < 1.29 is 24.3 Å². The lowest BCUT2D eigenvalue weighted by Crippen LogP contribution is -2.70. The molecule has 0 bridgehead atoms. The van der Waals surface area contributed by atoms with E-state index in [9.17, 15) is 24.3 Å². The summed E-state index contributed by atoms with van der Waals surface area (Å²) in [7, 11) is 0.